The molecule has 0 fully saturated rings. The molecule has 0 bridgehead atoms. The lowest BCUT2D eigenvalue weighted by Gasteiger charge is -2.18. The maximum atomic E-state index is 10.7. The van der Waals surface area contributed by atoms with Gasteiger partial charge in [0.2, 0.25) is 0 Å². The smallest absolute Gasteiger partial charge is 0.151 e. The average Bonchev–Trinajstić information content (AvgIpc) is 2.15. The Morgan fingerprint density at radius 2 is 1.41 bits per heavy atom. The summed E-state index contributed by atoms with van der Waals surface area (Å²) in [5, 5.41) is 0. The zero-order valence-corrected chi connectivity index (χ0v) is 12.9. The summed E-state index contributed by atoms with van der Waals surface area (Å²) in [6, 6.07) is 0. The fourth-order valence-corrected chi connectivity index (χ4v) is 0.930. The molecule has 0 aliphatic heterocycles. The number of hydrogen-bond donors (Lipinski definition) is 2. The number of hydrogen-bond acceptors (Lipinski definition) is 4. The topological polar surface area (TPSA) is 69.1 Å². The molecule has 0 saturated carbocycles. The van der Waals surface area contributed by atoms with Crippen LogP contribution in [0.25, 0.3) is 0 Å². The largest absolute Gasteiger partial charge is 0.330 e. The van der Waals surface area contributed by atoms with Gasteiger partial charge in [0.1, 0.15) is 0 Å². The number of carbonyl (C=O) groups excluding carboxylic acids is 1. The lowest BCUT2D eigenvalue weighted by Crippen LogP contribution is -2.27. The van der Waals surface area contributed by atoms with Gasteiger partial charge >= 0.3 is 0 Å². The third kappa shape index (κ3) is 10.5. The Hall–Kier alpha value is -0.320. The summed E-state index contributed by atoms with van der Waals surface area (Å²) >= 11 is 5.11. The van der Waals surface area contributed by atoms with Crippen LogP contribution in [0.1, 0.15) is 48.0 Å². The number of thiocarbonyl (C=S) groups is 1. The molecule has 0 saturated heterocycles. The molecule has 17 heavy (non-hydrogen) atoms. The zero-order valence-electron chi connectivity index (χ0n) is 12.1. The molecule has 4 heteroatoms. The van der Waals surface area contributed by atoms with Crippen LogP contribution in [-0.2, 0) is 4.79 Å². The molecular formula is C13H28N2OS. The van der Waals surface area contributed by atoms with E-state index in [9.17, 15) is 4.79 Å². The van der Waals surface area contributed by atoms with Gasteiger partial charge < -0.3 is 11.5 Å². The lowest BCUT2D eigenvalue weighted by atomic mass is 9.90. The van der Waals surface area contributed by atoms with Crippen LogP contribution in [0.5, 0.6) is 0 Å². The molecule has 0 aromatic carbocycles. The van der Waals surface area contributed by atoms with Crippen molar-refractivity contribution in [3.63, 3.8) is 0 Å². The summed E-state index contributed by atoms with van der Waals surface area (Å²) in [6.07, 6.45) is 0.874. The average molecular weight is 260 g/mol. The van der Waals surface area contributed by atoms with Gasteiger partial charge in [0.25, 0.3) is 0 Å². The number of rotatable bonds is 3. The first-order valence-corrected chi connectivity index (χ1v) is 6.34. The molecule has 0 heterocycles. The minimum Gasteiger partial charge on any atom is -0.330 e. The number of Topliss-reactive ketones (excluding diaryl/α,β-unsaturated/α-hetero) is 1. The van der Waals surface area contributed by atoms with Gasteiger partial charge in [-0.1, -0.05) is 53.8 Å². The third-order valence-corrected chi connectivity index (χ3v) is 3.05. The maximum Gasteiger partial charge on any atom is 0.151 e. The molecule has 0 rings (SSSR count). The Morgan fingerprint density at radius 3 is 1.47 bits per heavy atom. The van der Waals surface area contributed by atoms with Crippen molar-refractivity contribution in [3.05, 3.63) is 0 Å². The monoisotopic (exact) mass is 260 g/mol. The SMILES string of the molecule is CC(C)(C)C(=O)CN.CC(C)(C)C(=S)CCN. The molecule has 0 amide bonds. The molecular weight excluding hydrogens is 232 g/mol. The zero-order chi connectivity index (χ0) is 14.3. The van der Waals surface area contributed by atoms with E-state index in [1.807, 2.05) is 20.8 Å². The van der Waals surface area contributed by atoms with Crippen molar-refractivity contribution in [2.24, 2.45) is 22.3 Å². The van der Waals surface area contributed by atoms with Crippen LogP contribution in [-0.4, -0.2) is 23.7 Å². The molecule has 0 unspecified atom stereocenters. The Kier molecular flexibility index (Phi) is 8.84. The molecule has 0 spiro atoms. The van der Waals surface area contributed by atoms with Crippen LogP contribution in [0.2, 0.25) is 0 Å². The highest BCUT2D eigenvalue weighted by atomic mass is 32.1. The van der Waals surface area contributed by atoms with Crippen molar-refractivity contribution < 1.29 is 4.79 Å². The fourth-order valence-electron chi connectivity index (χ4n) is 0.812. The Labute approximate surface area is 111 Å². The first kappa shape index (κ1) is 19.0. The predicted molar refractivity (Wildman–Crippen MR) is 79.2 cm³/mol. The third-order valence-electron chi connectivity index (χ3n) is 2.23. The van der Waals surface area contributed by atoms with Crippen LogP contribution >= 0.6 is 12.2 Å². The van der Waals surface area contributed by atoms with Crippen LogP contribution in [0.15, 0.2) is 0 Å². The summed E-state index contributed by atoms with van der Waals surface area (Å²) in [6.45, 7) is 12.8. The highest BCUT2D eigenvalue weighted by molar-refractivity contribution is 7.80. The Balaban J connectivity index is 0. The second-order valence-electron chi connectivity index (χ2n) is 6.09. The van der Waals surface area contributed by atoms with Crippen molar-refractivity contribution >= 4 is 22.9 Å². The van der Waals surface area contributed by atoms with E-state index in [4.69, 9.17) is 23.7 Å². The second-order valence-corrected chi connectivity index (χ2v) is 6.58. The van der Waals surface area contributed by atoms with Gasteiger partial charge in [0.05, 0.1) is 6.54 Å². The second kappa shape index (κ2) is 7.90. The van der Waals surface area contributed by atoms with E-state index >= 15 is 0 Å². The first-order valence-electron chi connectivity index (χ1n) is 5.93. The minimum absolute atomic E-state index is 0.109. The van der Waals surface area contributed by atoms with Gasteiger partial charge in [0.15, 0.2) is 5.78 Å². The minimum atomic E-state index is -0.255. The highest BCUT2D eigenvalue weighted by Gasteiger charge is 2.18. The molecule has 0 aromatic heterocycles. The lowest BCUT2D eigenvalue weighted by molar-refractivity contribution is -0.124. The van der Waals surface area contributed by atoms with Gasteiger partial charge in [-0.2, -0.15) is 0 Å². The molecule has 0 radical (unpaired) electrons. The van der Waals surface area contributed by atoms with Gasteiger partial charge in [-0.05, 0) is 23.2 Å². The van der Waals surface area contributed by atoms with E-state index in [1.165, 1.54) is 0 Å². The first-order chi connectivity index (χ1) is 7.46. The molecule has 0 aromatic rings. The molecule has 102 valence electrons. The molecule has 0 aliphatic carbocycles. The van der Waals surface area contributed by atoms with Gasteiger partial charge in [-0.25, -0.2) is 0 Å². The van der Waals surface area contributed by atoms with Crippen molar-refractivity contribution in [1.82, 2.24) is 0 Å². The molecule has 0 aliphatic rings. The number of nitrogens with two attached hydrogens (primary N) is 2. The van der Waals surface area contributed by atoms with E-state index in [0.29, 0.717) is 6.54 Å². The van der Waals surface area contributed by atoms with E-state index < -0.39 is 0 Å². The number of carbonyl (C=O) groups is 1. The van der Waals surface area contributed by atoms with Gasteiger partial charge in [-0.15, -0.1) is 0 Å². The van der Waals surface area contributed by atoms with Crippen molar-refractivity contribution in [2.45, 2.75) is 48.0 Å². The van der Waals surface area contributed by atoms with Crippen LogP contribution in [0.4, 0.5) is 0 Å². The number of ketones is 1. The van der Waals surface area contributed by atoms with Gasteiger partial charge in [0, 0.05) is 5.41 Å². The summed E-state index contributed by atoms with van der Waals surface area (Å²) in [4.78, 5) is 11.8. The quantitative estimate of drug-likeness (QED) is 0.764. The van der Waals surface area contributed by atoms with Crippen molar-refractivity contribution in [2.75, 3.05) is 13.1 Å². The molecule has 4 N–H and O–H groups in total. The van der Waals surface area contributed by atoms with Gasteiger partial charge in [-0.3, -0.25) is 4.79 Å². The van der Waals surface area contributed by atoms with E-state index in [-0.39, 0.29) is 23.2 Å². The Bertz CT molecular complexity index is 249. The summed E-state index contributed by atoms with van der Waals surface area (Å²) < 4.78 is 0. The van der Waals surface area contributed by atoms with Crippen LogP contribution in [0, 0.1) is 10.8 Å². The van der Waals surface area contributed by atoms with E-state index in [1.54, 1.807) is 0 Å². The molecule has 3 nitrogen and oxygen atoms in total. The van der Waals surface area contributed by atoms with Crippen LogP contribution in [0.3, 0.4) is 0 Å². The standard InChI is InChI=1S/C7H15NS.C6H13NO/c1-7(2,3)6(9)4-5-8;1-6(2,3)5(8)4-7/h4-5,8H2,1-3H3;4,7H2,1-3H3. The van der Waals surface area contributed by atoms with Crippen molar-refractivity contribution in [3.8, 4) is 0 Å². The highest BCUT2D eigenvalue weighted by Crippen LogP contribution is 2.17. The fraction of sp³-hybridized carbons (Fsp3) is 0.846. The van der Waals surface area contributed by atoms with E-state index in [2.05, 4.69) is 20.8 Å². The summed E-state index contributed by atoms with van der Waals surface area (Å²) in [5.74, 6) is 0.109. The Morgan fingerprint density at radius 1 is 1.00 bits per heavy atom. The van der Waals surface area contributed by atoms with E-state index in [0.717, 1.165) is 11.3 Å². The summed E-state index contributed by atoms with van der Waals surface area (Å²) in [5.41, 5.74) is 10.4. The normalized spacial score (nSPS) is 11.5. The van der Waals surface area contributed by atoms with Crippen LogP contribution < -0.4 is 11.5 Å². The predicted octanol–water partition coefficient (Wildman–Crippen LogP) is 2.31. The van der Waals surface area contributed by atoms with Crippen molar-refractivity contribution in [1.29, 1.82) is 0 Å². The summed E-state index contributed by atoms with van der Waals surface area (Å²) in [7, 11) is 0. The molecule has 0 atom stereocenters. The maximum absolute atomic E-state index is 10.7.